The first-order valence-corrected chi connectivity index (χ1v) is 10.5. The molecule has 0 saturated carbocycles. The number of aryl methyl sites for hydroxylation is 1. The van der Waals surface area contributed by atoms with Gasteiger partial charge in [-0.05, 0) is 57.3 Å². The molecular formula is C21H29N3OS. The summed E-state index contributed by atoms with van der Waals surface area (Å²) in [4.78, 5) is 21.9. The molecule has 1 saturated heterocycles. The third-order valence-corrected chi connectivity index (χ3v) is 5.77. The van der Waals surface area contributed by atoms with E-state index in [9.17, 15) is 4.79 Å². The largest absolute Gasteiger partial charge is 0.330 e. The molecule has 1 fully saturated rings. The van der Waals surface area contributed by atoms with Gasteiger partial charge in [0.1, 0.15) is 5.69 Å². The number of hydrogen-bond donors (Lipinski definition) is 0. The smallest absolute Gasteiger partial charge is 0.273 e. The summed E-state index contributed by atoms with van der Waals surface area (Å²) in [5.41, 5.74) is 3.16. The molecule has 26 heavy (non-hydrogen) atoms. The Kier molecular flexibility index (Phi) is 6.43. The average molecular weight is 372 g/mol. The van der Waals surface area contributed by atoms with Crippen molar-refractivity contribution >= 4 is 17.2 Å². The quantitative estimate of drug-likeness (QED) is 0.749. The first-order chi connectivity index (χ1) is 12.6. The van der Waals surface area contributed by atoms with Crippen molar-refractivity contribution in [2.24, 2.45) is 0 Å². The summed E-state index contributed by atoms with van der Waals surface area (Å²) in [6.45, 7) is 3.90. The number of aromatic nitrogens is 1. The third kappa shape index (κ3) is 4.51. The van der Waals surface area contributed by atoms with Gasteiger partial charge in [-0.1, -0.05) is 31.2 Å². The summed E-state index contributed by atoms with van der Waals surface area (Å²) in [6.07, 6.45) is 5.30. The van der Waals surface area contributed by atoms with Crippen LogP contribution in [0.4, 0.5) is 0 Å². The van der Waals surface area contributed by atoms with Gasteiger partial charge in [-0.25, -0.2) is 4.98 Å². The van der Waals surface area contributed by atoms with Crippen molar-refractivity contribution in [3.05, 3.63) is 51.5 Å². The van der Waals surface area contributed by atoms with Crippen LogP contribution in [0, 0.1) is 0 Å². The Morgan fingerprint density at radius 3 is 2.73 bits per heavy atom. The van der Waals surface area contributed by atoms with Gasteiger partial charge in [0.05, 0.1) is 11.0 Å². The van der Waals surface area contributed by atoms with Crippen LogP contribution in [0.2, 0.25) is 0 Å². The Bertz CT molecular complexity index is 723. The van der Waals surface area contributed by atoms with Crippen molar-refractivity contribution in [2.75, 3.05) is 20.6 Å². The summed E-state index contributed by atoms with van der Waals surface area (Å²) in [7, 11) is 4.16. The minimum Gasteiger partial charge on any atom is -0.330 e. The van der Waals surface area contributed by atoms with Gasteiger partial charge in [0, 0.05) is 18.5 Å². The number of carbonyl (C=O) groups excluding carboxylic acids is 1. The van der Waals surface area contributed by atoms with Gasteiger partial charge in [0.25, 0.3) is 5.91 Å². The highest BCUT2D eigenvalue weighted by Crippen LogP contribution is 2.32. The van der Waals surface area contributed by atoms with E-state index in [2.05, 4.69) is 55.2 Å². The zero-order chi connectivity index (χ0) is 18.5. The van der Waals surface area contributed by atoms with Crippen LogP contribution in [0.3, 0.4) is 0 Å². The SMILES string of the molecule is CCCc1nc(C(=O)N2CCCC[C@H]2c2ccc(CN(C)C)cc2)cs1. The summed E-state index contributed by atoms with van der Waals surface area (Å²) in [5, 5.41) is 3.00. The van der Waals surface area contributed by atoms with E-state index in [-0.39, 0.29) is 11.9 Å². The van der Waals surface area contributed by atoms with Crippen LogP contribution in [0.5, 0.6) is 0 Å². The van der Waals surface area contributed by atoms with E-state index < -0.39 is 0 Å². The van der Waals surface area contributed by atoms with Crippen molar-refractivity contribution in [2.45, 2.75) is 51.6 Å². The number of benzene rings is 1. The summed E-state index contributed by atoms with van der Waals surface area (Å²) < 4.78 is 0. The van der Waals surface area contributed by atoms with E-state index >= 15 is 0 Å². The summed E-state index contributed by atoms with van der Waals surface area (Å²) >= 11 is 1.61. The number of nitrogens with zero attached hydrogens (tertiary/aromatic N) is 3. The molecular weight excluding hydrogens is 342 g/mol. The topological polar surface area (TPSA) is 36.4 Å². The number of thiazole rings is 1. The van der Waals surface area contributed by atoms with Crippen LogP contribution in [0.15, 0.2) is 29.6 Å². The lowest BCUT2D eigenvalue weighted by Gasteiger charge is -2.35. The summed E-state index contributed by atoms with van der Waals surface area (Å²) in [6, 6.07) is 8.93. The molecule has 0 N–H and O–H groups in total. The number of hydrogen-bond acceptors (Lipinski definition) is 4. The van der Waals surface area contributed by atoms with Gasteiger partial charge in [-0.3, -0.25) is 4.79 Å². The lowest BCUT2D eigenvalue weighted by atomic mass is 9.94. The van der Waals surface area contributed by atoms with Gasteiger partial charge in [-0.2, -0.15) is 0 Å². The highest BCUT2D eigenvalue weighted by atomic mass is 32.1. The van der Waals surface area contributed by atoms with Crippen molar-refractivity contribution in [3.63, 3.8) is 0 Å². The van der Waals surface area contributed by atoms with Crippen LogP contribution in [-0.4, -0.2) is 41.3 Å². The number of carbonyl (C=O) groups is 1. The van der Waals surface area contributed by atoms with E-state index in [0.717, 1.165) is 43.8 Å². The van der Waals surface area contributed by atoms with Gasteiger partial charge in [0.2, 0.25) is 0 Å². The highest BCUT2D eigenvalue weighted by molar-refractivity contribution is 7.09. The second kappa shape index (κ2) is 8.78. The Balaban J connectivity index is 1.77. The fraction of sp³-hybridized carbons (Fsp3) is 0.524. The van der Waals surface area contributed by atoms with E-state index in [1.165, 1.54) is 17.5 Å². The Morgan fingerprint density at radius 1 is 1.27 bits per heavy atom. The molecule has 0 bridgehead atoms. The minimum atomic E-state index is 0.0886. The normalized spacial score (nSPS) is 17.7. The van der Waals surface area contributed by atoms with Crippen LogP contribution in [-0.2, 0) is 13.0 Å². The molecule has 4 nitrogen and oxygen atoms in total. The van der Waals surface area contributed by atoms with Crippen LogP contribution >= 0.6 is 11.3 Å². The Labute approximate surface area is 160 Å². The predicted octanol–water partition coefficient (Wildman–Crippen LogP) is 4.52. The predicted molar refractivity (Wildman–Crippen MR) is 108 cm³/mol. The van der Waals surface area contributed by atoms with Crippen molar-refractivity contribution in [3.8, 4) is 0 Å². The number of piperidine rings is 1. The molecule has 0 aliphatic carbocycles. The first kappa shape index (κ1) is 19.1. The maximum absolute atomic E-state index is 13.1. The standard InChI is InChI=1S/C21H29N3OS/c1-4-7-20-22-18(15-26-20)21(25)24-13-6-5-8-19(24)17-11-9-16(10-12-17)14-23(2)3/h9-12,15,19H,4-8,13-14H2,1-3H3/t19-/m0/s1. The van der Waals surface area contributed by atoms with Crippen LogP contribution in [0.1, 0.15) is 65.3 Å². The van der Waals surface area contributed by atoms with Gasteiger partial charge >= 0.3 is 0 Å². The summed E-state index contributed by atoms with van der Waals surface area (Å²) in [5.74, 6) is 0.0886. The molecule has 3 rings (SSSR count). The van der Waals surface area contributed by atoms with Gasteiger partial charge in [-0.15, -0.1) is 11.3 Å². The van der Waals surface area contributed by atoms with Crippen molar-refractivity contribution in [1.29, 1.82) is 0 Å². The molecule has 140 valence electrons. The number of amides is 1. The zero-order valence-corrected chi connectivity index (χ0v) is 16.9. The molecule has 1 amide bonds. The van der Waals surface area contributed by atoms with Crippen molar-refractivity contribution in [1.82, 2.24) is 14.8 Å². The fourth-order valence-corrected chi connectivity index (χ4v) is 4.49. The Hall–Kier alpha value is -1.72. The third-order valence-electron chi connectivity index (χ3n) is 4.86. The zero-order valence-electron chi connectivity index (χ0n) is 16.1. The van der Waals surface area contributed by atoms with E-state index in [4.69, 9.17) is 0 Å². The highest BCUT2D eigenvalue weighted by Gasteiger charge is 2.29. The monoisotopic (exact) mass is 371 g/mol. The molecule has 1 aromatic carbocycles. The lowest BCUT2D eigenvalue weighted by Crippen LogP contribution is -2.38. The molecule has 0 radical (unpaired) electrons. The molecule has 2 aromatic rings. The average Bonchev–Trinajstić information content (AvgIpc) is 3.10. The van der Waals surface area contributed by atoms with E-state index in [1.54, 1.807) is 11.3 Å². The van der Waals surface area contributed by atoms with Crippen LogP contribution in [0.25, 0.3) is 0 Å². The molecule has 1 aromatic heterocycles. The maximum Gasteiger partial charge on any atom is 0.273 e. The van der Waals surface area contributed by atoms with Gasteiger partial charge in [0.15, 0.2) is 0 Å². The second-order valence-electron chi connectivity index (χ2n) is 7.37. The molecule has 0 unspecified atom stereocenters. The molecule has 2 heterocycles. The second-order valence-corrected chi connectivity index (χ2v) is 8.31. The molecule has 1 atom stereocenters. The lowest BCUT2D eigenvalue weighted by molar-refractivity contribution is 0.0606. The van der Waals surface area contributed by atoms with Crippen molar-refractivity contribution < 1.29 is 4.79 Å². The number of rotatable bonds is 6. The molecule has 1 aliphatic rings. The Morgan fingerprint density at radius 2 is 2.04 bits per heavy atom. The molecule has 1 aliphatic heterocycles. The first-order valence-electron chi connectivity index (χ1n) is 9.57. The van der Waals surface area contributed by atoms with Crippen LogP contribution < -0.4 is 0 Å². The minimum absolute atomic E-state index is 0.0886. The molecule has 5 heteroatoms. The van der Waals surface area contributed by atoms with E-state index in [0.29, 0.717) is 5.69 Å². The maximum atomic E-state index is 13.1. The molecule has 0 spiro atoms. The fourth-order valence-electron chi connectivity index (χ4n) is 3.62. The number of likely N-dealkylation sites (tertiary alicyclic amines) is 1. The van der Waals surface area contributed by atoms with E-state index in [1.807, 2.05) is 10.3 Å². The van der Waals surface area contributed by atoms with Gasteiger partial charge < -0.3 is 9.80 Å².